The summed E-state index contributed by atoms with van der Waals surface area (Å²) in [5, 5.41) is 3.29. The lowest BCUT2D eigenvalue weighted by Gasteiger charge is -2.06. The van der Waals surface area contributed by atoms with Crippen LogP contribution >= 0.6 is 0 Å². The quantitative estimate of drug-likeness (QED) is 0.549. The van der Waals surface area contributed by atoms with Crippen LogP contribution in [0.1, 0.15) is 6.92 Å². The zero-order valence-corrected chi connectivity index (χ0v) is 6.54. The Morgan fingerprint density at radius 2 is 2.18 bits per heavy atom. The standard InChI is InChI=1S/C10H11N/c1-8-7-11-10-6-4-2-3-5-9(8)10/h2-7,10-11H,1H3. The molecule has 0 saturated carbocycles. The molecule has 1 N–H and O–H groups in total. The highest BCUT2D eigenvalue weighted by Crippen LogP contribution is 2.21. The van der Waals surface area contributed by atoms with Crippen molar-refractivity contribution in [3.63, 3.8) is 0 Å². The van der Waals surface area contributed by atoms with E-state index in [0.717, 1.165) is 0 Å². The minimum atomic E-state index is 0.407. The molecule has 0 aromatic heterocycles. The third kappa shape index (κ3) is 1.03. The van der Waals surface area contributed by atoms with Gasteiger partial charge in [-0.05, 0) is 18.1 Å². The predicted octanol–water partition coefficient (Wildman–Crippen LogP) is 1.91. The largest absolute Gasteiger partial charge is 0.380 e. The lowest BCUT2D eigenvalue weighted by atomic mass is 10.0. The van der Waals surface area contributed by atoms with E-state index in [0.29, 0.717) is 6.04 Å². The molecule has 0 aromatic carbocycles. The highest BCUT2D eigenvalue weighted by molar-refractivity contribution is 5.45. The molecular formula is C10H11N. The van der Waals surface area contributed by atoms with Crippen molar-refractivity contribution in [1.29, 1.82) is 0 Å². The van der Waals surface area contributed by atoms with Crippen molar-refractivity contribution in [1.82, 2.24) is 5.32 Å². The van der Waals surface area contributed by atoms with Crippen molar-refractivity contribution in [2.75, 3.05) is 0 Å². The van der Waals surface area contributed by atoms with Crippen LogP contribution in [0.4, 0.5) is 0 Å². The van der Waals surface area contributed by atoms with Crippen molar-refractivity contribution < 1.29 is 0 Å². The van der Waals surface area contributed by atoms with Crippen molar-refractivity contribution in [2.45, 2.75) is 13.0 Å². The van der Waals surface area contributed by atoms with Crippen LogP contribution in [0, 0.1) is 0 Å². The molecule has 1 aliphatic heterocycles. The van der Waals surface area contributed by atoms with Crippen molar-refractivity contribution in [3.8, 4) is 0 Å². The molecular weight excluding hydrogens is 134 g/mol. The number of allylic oxidation sites excluding steroid dienone is 4. The third-order valence-corrected chi connectivity index (χ3v) is 2.07. The molecule has 2 aliphatic rings. The van der Waals surface area contributed by atoms with Gasteiger partial charge in [-0.15, -0.1) is 0 Å². The van der Waals surface area contributed by atoms with E-state index in [1.807, 2.05) is 0 Å². The normalized spacial score (nSPS) is 26.8. The number of hydrogen-bond acceptors (Lipinski definition) is 1. The summed E-state index contributed by atoms with van der Waals surface area (Å²) in [6.07, 6.45) is 12.6. The molecule has 1 heteroatoms. The van der Waals surface area contributed by atoms with Gasteiger partial charge in [0, 0.05) is 6.20 Å². The summed E-state index contributed by atoms with van der Waals surface area (Å²) in [5.41, 5.74) is 2.72. The molecule has 0 fully saturated rings. The maximum atomic E-state index is 3.29. The minimum Gasteiger partial charge on any atom is -0.380 e. The Kier molecular flexibility index (Phi) is 1.42. The highest BCUT2D eigenvalue weighted by atomic mass is 14.9. The van der Waals surface area contributed by atoms with Crippen molar-refractivity contribution in [2.24, 2.45) is 0 Å². The highest BCUT2D eigenvalue weighted by Gasteiger charge is 2.16. The van der Waals surface area contributed by atoms with E-state index in [4.69, 9.17) is 0 Å². The smallest absolute Gasteiger partial charge is 0.0698 e. The van der Waals surface area contributed by atoms with Crippen molar-refractivity contribution >= 4 is 0 Å². The number of fused-ring (bicyclic) bond motifs is 1. The fourth-order valence-corrected chi connectivity index (χ4v) is 1.43. The lowest BCUT2D eigenvalue weighted by Crippen LogP contribution is -2.17. The SMILES string of the molecule is CC1=CNC2C=CC=CC=C12. The molecule has 0 saturated heterocycles. The van der Waals surface area contributed by atoms with Gasteiger partial charge in [0.25, 0.3) is 0 Å². The molecule has 0 bridgehead atoms. The zero-order chi connectivity index (χ0) is 7.68. The summed E-state index contributed by atoms with van der Waals surface area (Å²) in [6, 6.07) is 0.407. The molecule has 1 heterocycles. The Morgan fingerprint density at radius 3 is 3.09 bits per heavy atom. The van der Waals surface area contributed by atoms with Crippen molar-refractivity contribution in [3.05, 3.63) is 47.7 Å². The monoisotopic (exact) mass is 145 g/mol. The maximum absolute atomic E-state index is 3.29. The molecule has 56 valence electrons. The van der Waals surface area contributed by atoms with Gasteiger partial charge >= 0.3 is 0 Å². The molecule has 0 spiro atoms. The van der Waals surface area contributed by atoms with Crippen LogP contribution in [0.2, 0.25) is 0 Å². The Hall–Kier alpha value is -1.24. The third-order valence-electron chi connectivity index (χ3n) is 2.07. The molecule has 1 atom stereocenters. The first-order valence-corrected chi connectivity index (χ1v) is 3.86. The van der Waals surface area contributed by atoms with Crippen LogP contribution in [-0.2, 0) is 0 Å². The average molecular weight is 145 g/mol. The maximum Gasteiger partial charge on any atom is 0.0698 e. The Morgan fingerprint density at radius 1 is 1.27 bits per heavy atom. The summed E-state index contributed by atoms with van der Waals surface area (Å²) in [4.78, 5) is 0. The average Bonchev–Trinajstić information content (AvgIpc) is 2.25. The summed E-state index contributed by atoms with van der Waals surface area (Å²) in [7, 11) is 0. The van der Waals surface area contributed by atoms with E-state index in [1.54, 1.807) is 0 Å². The lowest BCUT2D eigenvalue weighted by molar-refractivity contribution is 0.850. The number of nitrogens with one attached hydrogen (secondary N) is 1. The Labute approximate surface area is 66.8 Å². The molecule has 0 amide bonds. The predicted molar refractivity (Wildman–Crippen MR) is 47.0 cm³/mol. The van der Waals surface area contributed by atoms with Gasteiger partial charge in [0.2, 0.25) is 0 Å². The summed E-state index contributed by atoms with van der Waals surface area (Å²) < 4.78 is 0. The summed E-state index contributed by atoms with van der Waals surface area (Å²) in [5.74, 6) is 0. The van der Waals surface area contributed by atoms with E-state index >= 15 is 0 Å². The molecule has 1 nitrogen and oxygen atoms in total. The van der Waals surface area contributed by atoms with Gasteiger partial charge in [0.1, 0.15) is 0 Å². The first-order valence-electron chi connectivity index (χ1n) is 3.86. The van der Waals surface area contributed by atoms with Crippen LogP contribution in [0.25, 0.3) is 0 Å². The van der Waals surface area contributed by atoms with Crippen LogP contribution < -0.4 is 5.32 Å². The molecule has 2 rings (SSSR count). The van der Waals surface area contributed by atoms with E-state index in [1.165, 1.54) is 11.1 Å². The number of rotatable bonds is 0. The Bertz CT molecular complexity index is 279. The van der Waals surface area contributed by atoms with E-state index in [9.17, 15) is 0 Å². The van der Waals surface area contributed by atoms with Crippen LogP contribution in [0.15, 0.2) is 47.7 Å². The summed E-state index contributed by atoms with van der Waals surface area (Å²) >= 11 is 0. The molecule has 0 radical (unpaired) electrons. The van der Waals surface area contributed by atoms with Gasteiger partial charge in [0.05, 0.1) is 6.04 Å². The summed E-state index contributed by atoms with van der Waals surface area (Å²) in [6.45, 7) is 2.13. The van der Waals surface area contributed by atoms with Gasteiger partial charge in [-0.3, -0.25) is 0 Å². The van der Waals surface area contributed by atoms with Gasteiger partial charge in [-0.1, -0.05) is 30.4 Å². The minimum absolute atomic E-state index is 0.407. The van der Waals surface area contributed by atoms with Gasteiger partial charge in [-0.25, -0.2) is 0 Å². The topological polar surface area (TPSA) is 12.0 Å². The van der Waals surface area contributed by atoms with Gasteiger partial charge in [-0.2, -0.15) is 0 Å². The zero-order valence-electron chi connectivity index (χ0n) is 6.54. The second-order valence-electron chi connectivity index (χ2n) is 2.86. The van der Waals surface area contributed by atoms with Crippen LogP contribution in [0.3, 0.4) is 0 Å². The first kappa shape index (κ1) is 6.47. The molecule has 1 unspecified atom stereocenters. The molecule has 11 heavy (non-hydrogen) atoms. The Balaban J connectivity index is 2.38. The van der Waals surface area contributed by atoms with E-state index < -0.39 is 0 Å². The molecule has 1 aliphatic carbocycles. The molecule has 0 aromatic rings. The van der Waals surface area contributed by atoms with Crippen LogP contribution in [-0.4, -0.2) is 6.04 Å². The number of hydrogen-bond donors (Lipinski definition) is 1. The second kappa shape index (κ2) is 2.42. The van der Waals surface area contributed by atoms with Crippen LogP contribution in [0.5, 0.6) is 0 Å². The fourth-order valence-electron chi connectivity index (χ4n) is 1.43. The van der Waals surface area contributed by atoms with Gasteiger partial charge in [0.15, 0.2) is 0 Å². The van der Waals surface area contributed by atoms with E-state index in [-0.39, 0.29) is 0 Å². The first-order chi connectivity index (χ1) is 5.38. The second-order valence-corrected chi connectivity index (χ2v) is 2.86. The van der Waals surface area contributed by atoms with Gasteiger partial charge < -0.3 is 5.32 Å². The van der Waals surface area contributed by atoms with E-state index in [2.05, 4.69) is 48.8 Å². The fraction of sp³-hybridized carbons (Fsp3) is 0.200.